The molecule has 0 N–H and O–H groups in total. The molecule has 0 saturated heterocycles. The maximum atomic E-state index is 6.15. The summed E-state index contributed by atoms with van der Waals surface area (Å²) < 4.78 is 6.15. The van der Waals surface area contributed by atoms with Gasteiger partial charge in [0.1, 0.15) is 11.2 Å². The zero-order valence-electron chi connectivity index (χ0n) is 12.5. The Hall–Kier alpha value is -3.06. The van der Waals surface area contributed by atoms with Gasteiger partial charge in [-0.3, -0.25) is 0 Å². The highest BCUT2D eigenvalue weighted by molar-refractivity contribution is 6.09. The van der Waals surface area contributed by atoms with Crippen LogP contribution in [-0.4, -0.2) is 0 Å². The van der Waals surface area contributed by atoms with Crippen LogP contribution in [0.3, 0.4) is 0 Å². The average Bonchev–Trinajstić information content (AvgIpc) is 3.00. The fraction of sp³-hybridized carbons (Fsp3) is 0. The molecule has 23 heavy (non-hydrogen) atoms. The summed E-state index contributed by atoms with van der Waals surface area (Å²) in [5.41, 5.74) is 4.23. The minimum atomic E-state index is 0.940. The molecule has 0 bridgehead atoms. The van der Waals surface area contributed by atoms with Gasteiger partial charge in [0.2, 0.25) is 0 Å². The second kappa shape index (κ2) is 4.72. The molecule has 0 aliphatic rings. The van der Waals surface area contributed by atoms with Crippen LogP contribution in [0.25, 0.3) is 43.8 Å². The number of fused-ring (bicyclic) bond motifs is 4. The monoisotopic (exact) mass is 294 g/mol. The van der Waals surface area contributed by atoms with Gasteiger partial charge in [0.15, 0.2) is 0 Å². The normalized spacial score (nSPS) is 11.5. The standard InChI is InChI=1S/C22H14O/c1-2-7-16-14-17(13-12-15(16)6-1)18-9-5-10-20-19-8-3-4-11-21(19)23-22(18)20/h1-14H. The molecule has 1 aromatic heterocycles. The Kier molecular flexibility index (Phi) is 2.56. The van der Waals surface area contributed by atoms with E-state index in [9.17, 15) is 0 Å². The summed E-state index contributed by atoms with van der Waals surface area (Å²) in [6, 6.07) is 29.6. The molecule has 0 aliphatic heterocycles. The van der Waals surface area contributed by atoms with Gasteiger partial charge >= 0.3 is 0 Å². The summed E-state index contributed by atoms with van der Waals surface area (Å²) in [7, 11) is 0. The molecular weight excluding hydrogens is 280 g/mol. The summed E-state index contributed by atoms with van der Waals surface area (Å²) in [4.78, 5) is 0. The van der Waals surface area contributed by atoms with Crippen LogP contribution in [-0.2, 0) is 0 Å². The van der Waals surface area contributed by atoms with Crippen molar-refractivity contribution in [3.63, 3.8) is 0 Å². The van der Waals surface area contributed by atoms with Crippen LogP contribution in [0.4, 0.5) is 0 Å². The second-order valence-electron chi connectivity index (χ2n) is 5.84. The van der Waals surface area contributed by atoms with Crippen LogP contribution in [0.2, 0.25) is 0 Å². The van der Waals surface area contributed by atoms with E-state index in [0.717, 1.165) is 16.7 Å². The second-order valence-corrected chi connectivity index (χ2v) is 5.84. The molecule has 1 heteroatoms. The molecule has 4 aromatic carbocycles. The van der Waals surface area contributed by atoms with Gasteiger partial charge < -0.3 is 4.42 Å². The number of rotatable bonds is 1. The largest absolute Gasteiger partial charge is 0.455 e. The molecule has 5 aromatic rings. The van der Waals surface area contributed by atoms with Crippen LogP contribution < -0.4 is 0 Å². The van der Waals surface area contributed by atoms with Crippen molar-refractivity contribution < 1.29 is 4.42 Å². The fourth-order valence-corrected chi connectivity index (χ4v) is 3.33. The highest BCUT2D eigenvalue weighted by Crippen LogP contribution is 2.36. The molecule has 0 saturated carbocycles. The summed E-state index contributed by atoms with van der Waals surface area (Å²) in [6.07, 6.45) is 0. The minimum Gasteiger partial charge on any atom is -0.455 e. The molecule has 5 rings (SSSR count). The predicted molar refractivity (Wildman–Crippen MR) is 96.7 cm³/mol. The summed E-state index contributed by atoms with van der Waals surface area (Å²) in [5.74, 6) is 0. The topological polar surface area (TPSA) is 13.1 Å². The fourth-order valence-electron chi connectivity index (χ4n) is 3.33. The Morgan fingerprint density at radius 3 is 2.30 bits per heavy atom. The smallest absolute Gasteiger partial charge is 0.143 e. The van der Waals surface area contributed by atoms with E-state index < -0.39 is 0 Å². The van der Waals surface area contributed by atoms with Crippen LogP contribution in [0, 0.1) is 0 Å². The SMILES string of the molecule is c1ccc2cc(-c3cccc4c3oc3ccccc34)ccc2c1. The Morgan fingerprint density at radius 2 is 1.35 bits per heavy atom. The summed E-state index contributed by atoms with van der Waals surface area (Å²) in [6.45, 7) is 0. The molecule has 0 spiro atoms. The Balaban J connectivity index is 1.84. The summed E-state index contributed by atoms with van der Waals surface area (Å²) >= 11 is 0. The third kappa shape index (κ3) is 1.87. The van der Waals surface area contributed by atoms with Crippen molar-refractivity contribution in [3.05, 3.63) is 84.9 Å². The zero-order valence-corrected chi connectivity index (χ0v) is 12.5. The highest BCUT2D eigenvalue weighted by atomic mass is 16.3. The van der Waals surface area contributed by atoms with E-state index in [1.807, 2.05) is 12.1 Å². The van der Waals surface area contributed by atoms with Gasteiger partial charge in [-0.1, -0.05) is 72.8 Å². The molecule has 1 nitrogen and oxygen atoms in total. The van der Waals surface area contributed by atoms with Gasteiger partial charge in [-0.05, 0) is 28.5 Å². The van der Waals surface area contributed by atoms with E-state index in [0.29, 0.717) is 0 Å². The van der Waals surface area contributed by atoms with Gasteiger partial charge in [0, 0.05) is 16.3 Å². The van der Waals surface area contributed by atoms with Crippen molar-refractivity contribution in [2.75, 3.05) is 0 Å². The number of para-hydroxylation sites is 2. The van der Waals surface area contributed by atoms with E-state index in [1.165, 1.54) is 27.1 Å². The third-order valence-corrected chi connectivity index (χ3v) is 4.46. The van der Waals surface area contributed by atoms with Gasteiger partial charge in [0.25, 0.3) is 0 Å². The van der Waals surface area contributed by atoms with E-state index >= 15 is 0 Å². The predicted octanol–water partition coefficient (Wildman–Crippen LogP) is 6.41. The van der Waals surface area contributed by atoms with Crippen LogP contribution >= 0.6 is 0 Å². The lowest BCUT2D eigenvalue weighted by atomic mass is 9.99. The number of hydrogen-bond donors (Lipinski definition) is 0. The van der Waals surface area contributed by atoms with E-state index in [1.54, 1.807) is 0 Å². The molecular formula is C22H14O. The number of furan rings is 1. The lowest BCUT2D eigenvalue weighted by Gasteiger charge is -2.05. The van der Waals surface area contributed by atoms with Gasteiger partial charge in [0.05, 0.1) is 0 Å². The first-order valence-corrected chi connectivity index (χ1v) is 7.79. The Labute approximate surface area is 133 Å². The number of benzene rings is 4. The quantitative estimate of drug-likeness (QED) is 0.348. The highest BCUT2D eigenvalue weighted by Gasteiger charge is 2.11. The maximum Gasteiger partial charge on any atom is 0.143 e. The molecule has 0 atom stereocenters. The van der Waals surface area contributed by atoms with Crippen LogP contribution in [0.15, 0.2) is 89.3 Å². The lowest BCUT2D eigenvalue weighted by molar-refractivity contribution is 0.670. The van der Waals surface area contributed by atoms with Crippen molar-refractivity contribution in [2.45, 2.75) is 0 Å². The van der Waals surface area contributed by atoms with E-state index in [4.69, 9.17) is 4.42 Å². The maximum absolute atomic E-state index is 6.15. The Bertz CT molecular complexity index is 1160. The van der Waals surface area contributed by atoms with Crippen LogP contribution in [0.1, 0.15) is 0 Å². The van der Waals surface area contributed by atoms with Crippen molar-refractivity contribution in [2.24, 2.45) is 0 Å². The minimum absolute atomic E-state index is 0.940. The Morgan fingerprint density at radius 1 is 0.565 bits per heavy atom. The zero-order chi connectivity index (χ0) is 15.2. The molecule has 108 valence electrons. The summed E-state index contributed by atoms with van der Waals surface area (Å²) in [5, 5.41) is 4.85. The van der Waals surface area contributed by atoms with Crippen molar-refractivity contribution in [1.82, 2.24) is 0 Å². The first kappa shape index (κ1) is 12.5. The number of hydrogen-bond acceptors (Lipinski definition) is 1. The molecule has 0 unspecified atom stereocenters. The third-order valence-electron chi connectivity index (χ3n) is 4.46. The van der Waals surface area contributed by atoms with Crippen molar-refractivity contribution in [3.8, 4) is 11.1 Å². The van der Waals surface area contributed by atoms with Crippen molar-refractivity contribution >= 4 is 32.7 Å². The van der Waals surface area contributed by atoms with E-state index in [2.05, 4.69) is 72.8 Å². The molecule has 0 amide bonds. The van der Waals surface area contributed by atoms with Gasteiger partial charge in [-0.15, -0.1) is 0 Å². The lowest BCUT2D eigenvalue weighted by Crippen LogP contribution is -1.80. The van der Waals surface area contributed by atoms with Gasteiger partial charge in [-0.25, -0.2) is 0 Å². The van der Waals surface area contributed by atoms with Crippen LogP contribution in [0.5, 0.6) is 0 Å². The average molecular weight is 294 g/mol. The van der Waals surface area contributed by atoms with Crippen molar-refractivity contribution in [1.29, 1.82) is 0 Å². The molecule has 0 aliphatic carbocycles. The molecule has 1 heterocycles. The first-order valence-electron chi connectivity index (χ1n) is 7.79. The van der Waals surface area contributed by atoms with Gasteiger partial charge in [-0.2, -0.15) is 0 Å². The molecule has 0 radical (unpaired) electrons. The first-order chi connectivity index (χ1) is 11.4. The van der Waals surface area contributed by atoms with E-state index in [-0.39, 0.29) is 0 Å². The molecule has 0 fully saturated rings.